The number of anilines is 1. The lowest BCUT2D eigenvalue weighted by Crippen LogP contribution is -2.22. The molecule has 1 aliphatic carbocycles. The molecule has 0 N–H and O–H groups in total. The van der Waals surface area contributed by atoms with E-state index in [0.717, 1.165) is 43.9 Å². The van der Waals surface area contributed by atoms with Gasteiger partial charge in [0.2, 0.25) is 5.88 Å². The molecule has 1 unspecified atom stereocenters. The molecule has 7 heteroatoms. The summed E-state index contributed by atoms with van der Waals surface area (Å²) < 4.78 is 7.83. The van der Waals surface area contributed by atoms with Crippen LogP contribution in [0.5, 0.6) is 5.88 Å². The Morgan fingerprint density at radius 3 is 2.69 bits per heavy atom. The normalized spacial score (nSPS) is 18.6. The van der Waals surface area contributed by atoms with Gasteiger partial charge < -0.3 is 9.64 Å². The van der Waals surface area contributed by atoms with Gasteiger partial charge in [0.25, 0.3) is 0 Å². The van der Waals surface area contributed by atoms with E-state index in [2.05, 4.69) is 50.3 Å². The maximum atomic E-state index is 9.31. The van der Waals surface area contributed by atoms with Gasteiger partial charge in [0.1, 0.15) is 17.5 Å². The molecule has 2 aromatic heterocycles. The second kappa shape index (κ2) is 7.55. The van der Waals surface area contributed by atoms with Crippen LogP contribution in [0.1, 0.15) is 36.6 Å². The van der Waals surface area contributed by atoms with E-state index in [1.807, 2.05) is 16.9 Å². The van der Waals surface area contributed by atoms with Crippen molar-refractivity contribution in [2.75, 3.05) is 24.6 Å². The van der Waals surface area contributed by atoms with Gasteiger partial charge in [-0.15, -0.1) is 0 Å². The van der Waals surface area contributed by atoms with Gasteiger partial charge in [0.15, 0.2) is 0 Å². The molecule has 3 heterocycles. The van der Waals surface area contributed by atoms with Gasteiger partial charge in [-0.2, -0.15) is 15.3 Å². The molecule has 7 nitrogen and oxygen atoms in total. The lowest BCUT2D eigenvalue weighted by molar-refractivity contribution is 0.250. The minimum absolute atomic E-state index is 0.409. The van der Waals surface area contributed by atoms with Crippen molar-refractivity contribution in [3.8, 4) is 17.6 Å². The highest BCUT2D eigenvalue weighted by Crippen LogP contribution is 2.38. The number of hydrogen-bond donors (Lipinski definition) is 0. The van der Waals surface area contributed by atoms with Crippen LogP contribution >= 0.6 is 0 Å². The van der Waals surface area contributed by atoms with Crippen LogP contribution < -0.4 is 9.64 Å². The first-order valence-electron chi connectivity index (χ1n) is 10.0. The fraction of sp³-hybridized carbons (Fsp3) is 0.364. The lowest BCUT2D eigenvalue weighted by atomic mass is 10.1. The van der Waals surface area contributed by atoms with Gasteiger partial charge in [-0.3, -0.25) is 0 Å². The quantitative estimate of drug-likeness (QED) is 0.647. The van der Waals surface area contributed by atoms with E-state index in [1.54, 1.807) is 12.4 Å². The second-order valence-electron chi connectivity index (χ2n) is 7.71. The summed E-state index contributed by atoms with van der Waals surface area (Å²) in [5, 5.41) is 13.6. The molecule has 1 aromatic carbocycles. The van der Waals surface area contributed by atoms with E-state index in [1.165, 1.54) is 5.69 Å². The van der Waals surface area contributed by atoms with Crippen LogP contribution in [0.4, 0.5) is 5.69 Å². The van der Waals surface area contributed by atoms with Gasteiger partial charge in [0, 0.05) is 43.0 Å². The van der Waals surface area contributed by atoms with E-state index in [-0.39, 0.29) is 0 Å². The average Bonchev–Trinajstić information content (AvgIpc) is 3.26. The summed E-state index contributed by atoms with van der Waals surface area (Å²) in [7, 11) is 0. The summed E-state index contributed by atoms with van der Waals surface area (Å²) in [5.41, 5.74) is 2.68. The molecule has 1 saturated heterocycles. The topological polar surface area (TPSA) is 79.9 Å². The SMILES string of the molecule is N#Cc1cnc(C2CC2)nc1OCC1CCN(c2ccc(-n3cccn3)cc2)C1. The van der Waals surface area contributed by atoms with E-state index >= 15 is 0 Å². The standard InChI is InChI=1S/C22H22N6O/c23-12-18-13-24-21(17-2-3-17)26-22(18)29-15-16-8-11-27(14-16)19-4-6-20(7-5-19)28-10-1-9-25-28/h1,4-7,9-10,13,16-17H,2-3,8,11,14-15H2. The molecular weight excluding hydrogens is 364 g/mol. The van der Waals surface area contributed by atoms with Crippen molar-refractivity contribution in [3.63, 3.8) is 0 Å². The molecule has 1 aliphatic heterocycles. The smallest absolute Gasteiger partial charge is 0.235 e. The third kappa shape index (κ3) is 3.79. The van der Waals surface area contributed by atoms with E-state index in [9.17, 15) is 5.26 Å². The van der Waals surface area contributed by atoms with Crippen molar-refractivity contribution < 1.29 is 4.74 Å². The van der Waals surface area contributed by atoms with Gasteiger partial charge in [0.05, 0.1) is 18.5 Å². The molecule has 29 heavy (non-hydrogen) atoms. The molecule has 0 radical (unpaired) electrons. The van der Waals surface area contributed by atoms with Crippen molar-refractivity contribution in [2.24, 2.45) is 5.92 Å². The zero-order valence-electron chi connectivity index (χ0n) is 16.1. The number of hydrogen-bond acceptors (Lipinski definition) is 6. The number of rotatable bonds is 6. The van der Waals surface area contributed by atoms with Gasteiger partial charge in [-0.1, -0.05) is 0 Å². The van der Waals surface area contributed by atoms with E-state index < -0.39 is 0 Å². The summed E-state index contributed by atoms with van der Waals surface area (Å²) >= 11 is 0. The van der Waals surface area contributed by atoms with Crippen molar-refractivity contribution in [1.29, 1.82) is 5.26 Å². The molecule has 1 saturated carbocycles. The Kier molecular flexibility index (Phi) is 4.60. The third-order valence-corrected chi connectivity index (χ3v) is 5.56. The predicted molar refractivity (Wildman–Crippen MR) is 108 cm³/mol. The maximum absolute atomic E-state index is 9.31. The third-order valence-electron chi connectivity index (χ3n) is 5.56. The molecule has 5 rings (SSSR count). The Labute approximate surface area is 169 Å². The molecule has 0 spiro atoms. The van der Waals surface area contributed by atoms with Crippen LogP contribution in [0, 0.1) is 17.2 Å². The second-order valence-corrected chi connectivity index (χ2v) is 7.71. The average molecular weight is 386 g/mol. The maximum Gasteiger partial charge on any atom is 0.235 e. The van der Waals surface area contributed by atoms with Crippen LogP contribution in [0.2, 0.25) is 0 Å². The van der Waals surface area contributed by atoms with Crippen molar-refractivity contribution >= 4 is 5.69 Å². The minimum atomic E-state index is 0.409. The predicted octanol–water partition coefficient (Wildman–Crippen LogP) is 3.32. The van der Waals surface area contributed by atoms with Crippen LogP contribution in [0.25, 0.3) is 5.69 Å². The largest absolute Gasteiger partial charge is 0.476 e. The lowest BCUT2D eigenvalue weighted by Gasteiger charge is -2.19. The highest BCUT2D eigenvalue weighted by atomic mass is 16.5. The summed E-state index contributed by atoms with van der Waals surface area (Å²) in [6.07, 6.45) is 8.63. The highest BCUT2D eigenvalue weighted by molar-refractivity contribution is 5.51. The van der Waals surface area contributed by atoms with Crippen molar-refractivity contribution in [1.82, 2.24) is 19.7 Å². The molecule has 2 aliphatic rings. The number of benzene rings is 1. The molecule has 0 amide bonds. The minimum Gasteiger partial charge on any atom is -0.476 e. The number of nitrogens with zero attached hydrogens (tertiary/aromatic N) is 6. The molecule has 0 bridgehead atoms. The van der Waals surface area contributed by atoms with Crippen LogP contribution in [0.3, 0.4) is 0 Å². The van der Waals surface area contributed by atoms with Crippen molar-refractivity contribution in [3.05, 3.63) is 60.3 Å². The van der Waals surface area contributed by atoms with Gasteiger partial charge >= 0.3 is 0 Å². The molecule has 146 valence electrons. The fourth-order valence-electron chi connectivity index (χ4n) is 3.74. The Morgan fingerprint density at radius 1 is 1.14 bits per heavy atom. The fourth-order valence-corrected chi connectivity index (χ4v) is 3.74. The summed E-state index contributed by atoms with van der Waals surface area (Å²) in [6, 6.07) is 12.5. The summed E-state index contributed by atoms with van der Waals surface area (Å²) in [6.45, 7) is 2.50. The van der Waals surface area contributed by atoms with Crippen LogP contribution in [0.15, 0.2) is 48.9 Å². The summed E-state index contributed by atoms with van der Waals surface area (Å²) in [5.74, 6) is 2.10. The first kappa shape index (κ1) is 17.7. The Balaban J connectivity index is 1.21. The first-order chi connectivity index (χ1) is 14.3. The molecule has 3 aromatic rings. The van der Waals surface area contributed by atoms with Crippen LogP contribution in [-0.4, -0.2) is 39.4 Å². The van der Waals surface area contributed by atoms with Crippen LogP contribution in [-0.2, 0) is 0 Å². The van der Waals surface area contributed by atoms with Gasteiger partial charge in [-0.05, 0) is 49.6 Å². The summed E-state index contributed by atoms with van der Waals surface area (Å²) in [4.78, 5) is 11.2. The highest BCUT2D eigenvalue weighted by Gasteiger charge is 2.28. The van der Waals surface area contributed by atoms with E-state index in [4.69, 9.17) is 4.74 Å². The van der Waals surface area contributed by atoms with Gasteiger partial charge in [-0.25, -0.2) is 9.67 Å². The van der Waals surface area contributed by atoms with Crippen molar-refractivity contribution in [2.45, 2.75) is 25.2 Å². The monoisotopic (exact) mass is 386 g/mol. The Bertz CT molecular complexity index is 1020. The molecule has 1 atom stereocenters. The number of aromatic nitrogens is 4. The number of ether oxygens (including phenoxy) is 1. The van der Waals surface area contributed by atoms with E-state index in [0.29, 0.717) is 29.9 Å². The molecular formula is C22H22N6O. The Morgan fingerprint density at radius 2 is 1.97 bits per heavy atom. The zero-order chi connectivity index (χ0) is 19.6. The number of nitriles is 1. The first-order valence-corrected chi connectivity index (χ1v) is 10.0. The zero-order valence-corrected chi connectivity index (χ0v) is 16.1. The Hall–Kier alpha value is -3.40. The molecule has 2 fully saturated rings.